The van der Waals surface area contributed by atoms with E-state index in [9.17, 15) is 9.18 Å². The number of amides is 1. The van der Waals surface area contributed by atoms with Gasteiger partial charge in [0.2, 0.25) is 6.41 Å². The lowest BCUT2D eigenvalue weighted by atomic mass is 10.1. The normalized spacial score (nSPS) is 10.4. The third-order valence-electron chi connectivity index (χ3n) is 4.44. The average molecular weight is 404 g/mol. The zero-order chi connectivity index (χ0) is 21.3. The Morgan fingerprint density at radius 3 is 2.67 bits per heavy atom. The Kier molecular flexibility index (Phi) is 7.27. The van der Waals surface area contributed by atoms with Gasteiger partial charge in [0.25, 0.3) is 0 Å². The molecule has 0 aliphatic heterocycles. The van der Waals surface area contributed by atoms with E-state index in [0.29, 0.717) is 31.0 Å². The number of pyridine rings is 2. The van der Waals surface area contributed by atoms with Crippen LogP contribution in [0.5, 0.6) is 0 Å². The third-order valence-corrected chi connectivity index (χ3v) is 4.44. The lowest BCUT2D eigenvalue weighted by molar-refractivity contribution is -0.107. The molecule has 6 heteroatoms. The number of carbonyl (C=O) groups excluding carboxylic acids is 1. The molecule has 0 unspecified atom stereocenters. The molecule has 0 spiro atoms. The van der Waals surface area contributed by atoms with Crippen LogP contribution in [0, 0.1) is 5.82 Å². The molecule has 30 heavy (non-hydrogen) atoms. The van der Waals surface area contributed by atoms with E-state index in [-0.39, 0.29) is 5.82 Å². The van der Waals surface area contributed by atoms with Crippen LogP contribution in [0.25, 0.3) is 6.08 Å². The predicted octanol–water partition coefficient (Wildman–Crippen LogP) is 4.86. The van der Waals surface area contributed by atoms with Gasteiger partial charge in [-0.2, -0.15) is 0 Å². The molecule has 3 rings (SSSR count). The highest BCUT2D eigenvalue weighted by molar-refractivity contribution is 5.82. The molecular formula is C24H25FN4O. The minimum Gasteiger partial charge on any atom is -0.368 e. The number of carbonyl (C=O) groups is 1. The lowest BCUT2D eigenvalue weighted by Gasteiger charge is -2.21. The number of benzene rings is 1. The Hall–Kier alpha value is -3.54. The molecule has 1 N–H and O–H groups in total. The van der Waals surface area contributed by atoms with E-state index in [0.717, 1.165) is 28.8 Å². The fraction of sp³-hybridized carbons (Fsp3) is 0.208. The van der Waals surface area contributed by atoms with Crippen LogP contribution in [-0.2, 0) is 17.8 Å². The quantitative estimate of drug-likeness (QED) is 0.518. The fourth-order valence-corrected chi connectivity index (χ4v) is 3.09. The Morgan fingerprint density at radius 1 is 1.13 bits per heavy atom. The molecular weight excluding hydrogens is 379 g/mol. The summed E-state index contributed by atoms with van der Waals surface area (Å²) in [4.78, 5) is 22.3. The molecule has 0 saturated heterocycles. The molecule has 0 aliphatic rings. The van der Waals surface area contributed by atoms with E-state index in [1.165, 1.54) is 12.1 Å². The SMILES string of the molecule is CC(C)=Cc1ccc(N(C=O)Cc2cccnc2)c(NCCc2cccc(F)c2)n1. The molecule has 1 amide bonds. The smallest absolute Gasteiger partial charge is 0.214 e. The summed E-state index contributed by atoms with van der Waals surface area (Å²) in [7, 11) is 0. The summed E-state index contributed by atoms with van der Waals surface area (Å²) in [6.45, 7) is 4.96. The Morgan fingerprint density at radius 2 is 1.97 bits per heavy atom. The molecule has 0 bridgehead atoms. The first-order chi connectivity index (χ1) is 14.5. The highest BCUT2D eigenvalue weighted by Gasteiger charge is 2.13. The molecule has 2 aromatic heterocycles. The maximum Gasteiger partial charge on any atom is 0.214 e. The molecule has 0 aliphatic carbocycles. The van der Waals surface area contributed by atoms with Gasteiger partial charge in [-0.05, 0) is 67.8 Å². The first-order valence-electron chi connectivity index (χ1n) is 9.80. The summed E-state index contributed by atoms with van der Waals surface area (Å²) in [5.74, 6) is 0.359. The lowest BCUT2D eigenvalue weighted by Crippen LogP contribution is -2.23. The van der Waals surface area contributed by atoms with Gasteiger partial charge in [0, 0.05) is 18.9 Å². The van der Waals surface area contributed by atoms with E-state index in [1.807, 2.05) is 50.3 Å². The number of hydrogen-bond donors (Lipinski definition) is 1. The molecule has 0 saturated carbocycles. The van der Waals surface area contributed by atoms with Crippen molar-refractivity contribution in [3.63, 3.8) is 0 Å². The zero-order valence-corrected chi connectivity index (χ0v) is 17.2. The molecule has 0 fully saturated rings. The first kappa shape index (κ1) is 21.2. The van der Waals surface area contributed by atoms with Gasteiger partial charge in [-0.3, -0.25) is 9.78 Å². The van der Waals surface area contributed by atoms with Gasteiger partial charge in [-0.15, -0.1) is 0 Å². The van der Waals surface area contributed by atoms with E-state index in [2.05, 4.69) is 10.3 Å². The molecule has 2 heterocycles. The second-order valence-electron chi connectivity index (χ2n) is 7.23. The number of rotatable bonds is 9. The van der Waals surface area contributed by atoms with E-state index in [1.54, 1.807) is 23.4 Å². The monoisotopic (exact) mass is 404 g/mol. The molecule has 0 radical (unpaired) electrons. The number of anilines is 2. The minimum atomic E-state index is -0.250. The molecule has 3 aromatic rings. The highest BCUT2D eigenvalue weighted by Crippen LogP contribution is 2.26. The van der Waals surface area contributed by atoms with Crippen LogP contribution in [0.4, 0.5) is 15.9 Å². The molecule has 154 valence electrons. The number of nitrogens with zero attached hydrogens (tertiary/aromatic N) is 3. The van der Waals surface area contributed by atoms with Crippen LogP contribution in [-0.4, -0.2) is 22.9 Å². The van der Waals surface area contributed by atoms with Gasteiger partial charge in [0.05, 0.1) is 17.9 Å². The van der Waals surface area contributed by atoms with Gasteiger partial charge in [-0.25, -0.2) is 9.37 Å². The molecule has 1 aromatic carbocycles. The van der Waals surface area contributed by atoms with Crippen LogP contribution >= 0.6 is 0 Å². The fourth-order valence-electron chi connectivity index (χ4n) is 3.09. The summed E-state index contributed by atoms with van der Waals surface area (Å²) in [6.07, 6.45) is 6.84. The topological polar surface area (TPSA) is 58.1 Å². The summed E-state index contributed by atoms with van der Waals surface area (Å²) in [5, 5.41) is 3.32. The first-order valence-corrected chi connectivity index (χ1v) is 9.80. The van der Waals surface area contributed by atoms with E-state index < -0.39 is 0 Å². The number of halogens is 1. The Balaban J connectivity index is 1.83. The second-order valence-corrected chi connectivity index (χ2v) is 7.23. The second kappa shape index (κ2) is 10.3. The van der Waals surface area contributed by atoms with Crippen molar-refractivity contribution in [1.82, 2.24) is 9.97 Å². The van der Waals surface area contributed by atoms with Gasteiger partial charge >= 0.3 is 0 Å². The van der Waals surface area contributed by atoms with Gasteiger partial charge in [0.15, 0.2) is 5.82 Å². The van der Waals surface area contributed by atoms with Gasteiger partial charge in [-0.1, -0.05) is 23.8 Å². The summed E-state index contributed by atoms with van der Waals surface area (Å²) < 4.78 is 13.4. The standard InChI is InChI=1S/C24H25FN4O/c1-18(2)13-22-8-9-23(29(17-30)16-20-6-4-11-26-15-20)24(28-22)27-12-10-19-5-3-7-21(25)14-19/h3-9,11,13-15,17H,10,12,16H2,1-2H3,(H,27,28). The summed E-state index contributed by atoms with van der Waals surface area (Å²) in [5.41, 5.74) is 4.43. The maximum atomic E-state index is 13.4. The van der Waals surface area contributed by atoms with E-state index >= 15 is 0 Å². The number of allylic oxidation sites excluding steroid dienone is 1. The summed E-state index contributed by atoms with van der Waals surface area (Å²) in [6, 6.07) is 14.1. The minimum absolute atomic E-state index is 0.250. The van der Waals surface area contributed by atoms with Crippen molar-refractivity contribution in [3.8, 4) is 0 Å². The van der Waals surface area contributed by atoms with Crippen molar-refractivity contribution in [1.29, 1.82) is 0 Å². The van der Waals surface area contributed by atoms with Crippen molar-refractivity contribution in [2.45, 2.75) is 26.8 Å². The van der Waals surface area contributed by atoms with Crippen molar-refractivity contribution in [2.75, 3.05) is 16.8 Å². The maximum absolute atomic E-state index is 13.4. The van der Waals surface area contributed by atoms with Crippen molar-refractivity contribution in [3.05, 3.63) is 89.1 Å². The average Bonchev–Trinajstić information content (AvgIpc) is 2.73. The Bertz CT molecular complexity index is 1020. The largest absolute Gasteiger partial charge is 0.368 e. The highest BCUT2D eigenvalue weighted by atomic mass is 19.1. The Labute approximate surface area is 176 Å². The van der Waals surface area contributed by atoms with Crippen LogP contribution in [0.2, 0.25) is 0 Å². The summed E-state index contributed by atoms with van der Waals surface area (Å²) >= 11 is 0. The number of nitrogens with one attached hydrogen (secondary N) is 1. The van der Waals surface area contributed by atoms with E-state index in [4.69, 9.17) is 4.98 Å². The number of aromatic nitrogens is 2. The van der Waals surface area contributed by atoms with Crippen molar-refractivity contribution < 1.29 is 9.18 Å². The van der Waals surface area contributed by atoms with Crippen molar-refractivity contribution >= 4 is 24.0 Å². The van der Waals surface area contributed by atoms with Gasteiger partial charge < -0.3 is 10.2 Å². The van der Waals surface area contributed by atoms with Crippen LogP contribution in [0.3, 0.4) is 0 Å². The molecule has 0 atom stereocenters. The third kappa shape index (κ3) is 5.98. The van der Waals surface area contributed by atoms with Crippen LogP contribution in [0.15, 0.2) is 66.5 Å². The number of hydrogen-bond acceptors (Lipinski definition) is 4. The van der Waals surface area contributed by atoms with Crippen molar-refractivity contribution in [2.24, 2.45) is 0 Å². The van der Waals surface area contributed by atoms with Crippen LogP contribution in [0.1, 0.15) is 30.7 Å². The molecule has 5 nitrogen and oxygen atoms in total. The zero-order valence-electron chi connectivity index (χ0n) is 17.2. The van der Waals surface area contributed by atoms with Gasteiger partial charge in [0.1, 0.15) is 5.82 Å². The van der Waals surface area contributed by atoms with Crippen LogP contribution < -0.4 is 10.2 Å². The predicted molar refractivity (Wildman–Crippen MR) is 119 cm³/mol.